The summed E-state index contributed by atoms with van der Waals surface area (Å²) < 4.78 is 83.6. The number of benzene rings is 5. The van der Waals surface area contributed by atoms with Crippen LogP contribution in [-0.4, -0.2) is 0 Å². The molecular weight excluding hydrogens is 751 g/mol. The summed E-state index contributed by atoms with van der Waals surface area (Å²) >= 11 is 0. The molecular formula is C46H20F6N6. The second kappa shape index (κ2) is 14.5. The molecule has 0 radical (unpaired) electrons. The molecule has 6 nitrogen and oxygen atoms in total. The lowest BCUT2D eigenvalue weighted by Gasteiger charge is -2.18. The summed E-state index contributed by atoms with van der Waals surface area (Å²) in [4.78, 5) is 10.5. The van der Waals surface area contributed by atoms with Gasteiger partial charge in [0.15, 0.2) is 5.69 Å². The SMILES string of the molecule is [C-]#[N+]C([N+]#[C-])=C1Cc2c(-c3ccc(C(F)(F)F)cc3)c3c(c(-c4ccc(C(F)(F)F)cc4)c2=C1c1ccc([N+]#[C-])cc1)CC(=C(C#N)C#N)C=3c1ccc(C#N)cc1. The van der Waals surface area contributed by atoms with Crippen LogP contribution in [-0.2, 0) is 25.2 Å². The van der Waals surface area contributed by atoms with Crippen molar-refractivity contribution in [3.63, 3.8) is 0 Å². The summed E-state index contributed by atoms with van der Waals surface area (Å²) in [6, 6.07) is 27.2. The van der Waals surface area contributed by atoms with Crippen LogP contribution < -0.4 is 10.4 Å². The number of allylic oxidation sites excluding steroid dienone is 3. The predicted molar refractivity (Wildman–Crippen MR) is 201 cm³/mol. The van der Waals surface area contributed by atoms with Gasteiger partial charge < -0.3 is 0 Å². The molecule has 0 saturated carbocycles. The fourth-order valence-electron chi connectivity index (χ4n) is 7.66. The Hall–Kier alpha value is -8.16. The summed E-state index contributed by atoms with van der Waals surface area (Å²) in [5.41, 5.74) is 2.66. The number of nitrogens with zero attached hydrogens (tertiary/aromatic N) is 6. The van der Waals surface area contributed by atoms with Crippen molar-refractivity contribution in [1.82, 2.24) is 0 Å². The molecule has 0 saturated heterocycles. The molecule has 5 aromatic rings. The van der Waals surface area contributed by atoms with Crippen molar-refractivity contribution in [2.45, 2.75) is 25.2 Å². The highest BCUT2D eigenvalue weighted by Gasteiger charge is 2.38. The molecule has 0 unspecified atom stereocenters. The third kappa shape index (κ3) is 6.42. The first-order chi connectivity index (χ1) is 27.8. The van der Waals surface area contributed by atoms with Crippen LogP contribution >= 0.6 is 0 Å². The van der Waals surface area contributed by atoms with Gasteiger partial charge in [0.1, 0.15) is 30.9 Å². The number of rotatable bonds is 4. The highest BCUT2D eigenvalue weighted by atomic mass is 19.4. The Morgan fingerprint density at radius 3 is 1.31 bits per heavy atom. The van der Waals surface area contributed by atoms with E-state index in [4.69, 9.17) is 19.7 Å². The number of fused-ring (bicyclic) bond motifs is 2. The maximum atomic E-state index is 13.9. The first kappa shape index (κ1) is 38.1. The predicted octanol–water partition coefficient (Wildman–Crippen LogP) is 10.4. The van der Waals surface area contributed by atoms with Crippen LogP contribution in [0.3, 0.4) is 0 Å². The number of halogens is 6. The van der Waals surface area contributed by atoms with Gasteiger partial charge >= 0.3 is 18.2 Å². The maximum Gasteiger partial charge on any atom is 0.523 e. The van der Waals surface area contributed by atoms with Crippen LogP contribution in [0.1, 0.15) is 38.9 Å². The van der Waals surface area contributed by atoms with Crippen molar-refractivity contribution < 1.29 is 26.3 Å². The van der Waals surface area contributed by atoms with Crippen molar-refractivity contribution in [3.05, 3.63) is 203 Å². The molecule has 0 bridgehead atoms. The standard InChI is InChI=1S/C46H20F6N6/c1-56-33-18-12-29(13-19-33)41-37(44(57-2)58-3)21-36-40(28-10-16-32(17-11-28)46(50,51)52)42-35(39(43(36)41)27-8-14-31(15-9-27)45(47,48)49)20-34(30(23-54)24-55)38(42)26-6-4-25(22-53)5-7-26/h4-19H,20-21H2. The Kier molecular flexibility index (Phi) is 9.52. The summed E-state index contributed by atoms with van der Waals surface area (Å²) in [7, 11) is 0. The second-order valence-corrected chi connectivity index (χ2v) is 13.2. The Morgan fingerprint density at radius 1 is 0.534 bits per heavy atom. The summed E-state index contributed by atoms with van der Waals surface area (Å²) in [5, 5.41) is 30.9. The Labute approximate surface area is 327 Å². The average Bonchev–Trinajstić information content (AvgIpc) is 3.80. The molecule has 12 heteroatoms. The van der Waals surface area contributed by atoms with Crippen molar-refractivity contribution >= 4 is 16.8 Å². The molecule has 2 aliphatic rings. The number of alkyl halides is 6. The van der Waals surface area contributed by atoms with Gasteiger partial charge in [0, 0.05) is 6.42 Å². The van der Waals surface area contributed by atoms with E-state index in [1.54, 1.807) is 24.3 Å². The van der Waals surface area contributed by atoms with Crippen LogP contribution in [0.4, 0.5) is 32.0 Å². The Bertz CT molecular complexity index is 2790. The van der Waals surface area contributed by atoms with Gasteiger partial charge in [0.05, 0.1) is 34.9 Å². The van der Waals surface area contributed by atoms with Gasteiger partial charge in [-0.05, 0) is 114 Å². The molecule has 2 aliphatic carbocycles. The third-order valence-corrected chi connectivity index (χ3v) is 10.1. The second-order valence-electron chi connectivity index (χ2n) is 13.2. The minimum atomic E-state index is -4.69. The molecule has 0 heterocycles. The quantitative estimate of drug-likeness (QED) is 0.104. The highest BCUT2D eigenvalue weighted by molar-refractivity contribution is 5.98. The Morgan fingerprint density at radius 2 is 0.931 bits per heavy atom. The van der Waals surface area contributed by atoms with Gasteiger partial charge in [-0.2, -0.15) is 51.8 Å². The minimum absolute atomic E-state index is 0.115. The summed E-state index contributed by atoms with van der Waals surface area (Å²) in [5.74, 6) is -0.314. The molecule has 0 fully saturated rings. The van der Waals surface area contributed by atoms with E-state index in [9.17, 15) is 42.1 Å². The lowest BCUT2D eigenvalue weighted by atomic mass is 9.85. The van der Waals surface area contributed by atoms with Gasteiger partial charge in [-0.15, -0.1) is 0 Å². The normalized spacial score (nSPS) is 13.0. The molecule has 7 rings (SSSR count). The number of hydrogen-bond donors (Lipinski definition) is 0. The first-order valence-electron chi connectivity index (χ1n) is 17.1. The fraction of sp³-hybridized carbons (Fsp3) is 0.0870. The topological polar surface area (TPSA) is 84.5 Å². The van der Waals surface area contributed by atoms with Gasteiger partial charge in [0.2, 0.25) is 0 Å². The number of hydrogen-bond acceptors (Lipinski definition) is 3. The summed E-state index contributed by atoms with van der Waals surface area (Å²) in [6.07, 6.45) is -9.61. The van der Waals surface area contributed by atoms with Crippen molar-refractivity contribution in [2.24, 2.45) is 0 Å². The number of nitriles is 3. The minimum Gasteiger partial charge on any atom is -0.238 e. The summed E-state index contributed by atoms with van der Waals surface area (Å²) in [6.45, 7) is 23.4. The zero-order chi connectivity index (χ0) is 41.5. The molecule has 0 atom stereocenters. The van der Waals surface area contributed by atoms with Crippen molar-refractivity contribution in [2.75, 3.05) is 0 Å². The van der Waals surface area contributed by atoms with E-state index < -0.39 is 23.5 Å². The lowest BCUT2D eigenvalue weighted by Crippen LogP contribution is -2.25. The van der Waals surface area contributed by atoms with E-state index in [-0.39, 0.29) is 52.2 Å². The molecule has 58 heavy (non-hydrogen) atoms. The van der Waals surface area contributed by atoms with Crippen LogP contribution in [0.2, 0.25) is 0 Å². The molecule has 0 amide bonds. The van der Waals surface area contributed by atoms with Crippen LogP contribution in [0.5, 0.6) is 0 Å². The van der Waals surface area contributed by atoms with E-state index in [0.29, 0.717) is 60.5 Å². The fourth-order valence-corrected chi connectivity index (χ4v) is 7.66. The van der Waals surface area contributed by atoms with Crippen LogP contribution in [0.25, 0.3) is 47.9 Å². The molecule has 0 aromatic heterocycles. The van der Waals surface area contributed by atoms with Crippen molar-refractivity contribution in [3.8, 4) is 40.5 Å². The first-order valence-corrected chi connectivity index (χ1v) is 17.1. The van der Waals surface area contributed by atoms with E-state index in [1.807, 2.05) is 18.2 Å². The van der Waals surface area contributed by atoms with E-state index in [0.717, 1.165) is 24.3 Å². The van der Waals surface area contributed by atoms with Gasteiger partial charge in [-0.25, -0.2) is 4.85 Å². The molecule has 0 aliphatic heterocycles. The molecule has 5 aromatic carbocycles. The van der Waals surface area contributed by atoms with Crippen LogP contribution in [0.15, 0.2) is 120 Å². The maximum absolute atomic E-state index is 13.9. The smallest absolute Gasteiger partial charge is 0.238 e. The Balaban J connectivity index is 1.81. The van der Waals surface area contributed by atoms with Crippen LogP contribution in [0, 0.1) is 53.7 Å². The third-order valence-electron chi connectivity index (χ3n) is 10.1. The van der Waals surface area contributed by atoms with Gasteiger partial charge in [0.25, 0.3) is 0 Å². The average molecular weight is 771 g/mol. The zero-order valence-corrected chi connectivity index (χ0v) is 29.6. The van der Waals surface area contributed by atoms with E-state index in [2.05, 4.69) is 14.5 Å². The molecule has 0 N–H and O–H groups in total. The molecule has 0 spiro atoms. The van der Waals surface area contributed by atoms with E-state index in [1.165, 1.54) is 48.5 Å². The van der Waals surface area contributed by atoms with Gasteiger partial charge in [-0.1, -0.05) is 60.7 Å². The highest BCUT2D eigenvalue weighted by Crippen LogP contribution is 2.43. The van der Waals surface area contributed by atoms with Gasteiger partial charge in [-0.3, -0.25) is 0 Å². The molecule has 276 valence electrons. The largest absolute Gasteiger partial charge is 0.523 e. The monoisotopic (exact) mass is 770 g/mol. The zero-order valence-electron chi connectivity index (χ0n) is 29.6. The lowest BCUT2D eigenvalue weighted by molar-refractivity contribution is -0.138. The van der Waals surface area contributed by atoms with Crippen molar-refractivity contribution in [1.29, 1.82) is 15.8 Å². The van der Waals surface area contributed by atoms with E-state index >= 15 is 0 Å².